The molecule has 0 aliphatic heterocycles. The molecule has 0 saturated heterocycles. The van der Waals surface area contributed by atoms with E-state index in [0.717, 1.165) is 28.4 Å². The zero-order valence-electron chi connectivity index (χ0n) is 10.7. The van der Waals surface area contributed by atoms with Crippen molar-refractivity contribution in [3.63, 3.8) is 0 Å². The summed E-state index contributed by atoms with van der Waals surface area (Å²) in [6, 6.07) is 3.76. The van der Waals surface area contributed by atoms with Crippen molar-refractivity contribution in [1.29, 1.82) is 0 Å². The fraction of sp³-hybridized carbons (Fsp3) is 0.308. The van der Waals surface area contributed by atoms with E-state index in [9.17, 15) is 0 Å². The molecule has 2 rings (SSSR count). The topological polar surface area (TPSA) is 53.1 Å². The van der Waals surface area contributed by atoms with Crippen LogP contribution in [0.3, 0.4) is 0 Å². The molecule has 0 bridgehead atoms. The van der Waals surface area contributed by atoms with E-state index in [4.69, 9.17) is 22.1 Å². The van der Waals surface area contributed by atoms with Gasteiger partial charge in [0.15, 0.2) is 0 Å². The zero-order valence-corrected chi connectivity index (χ0v) is 11.5. The predicted octanol–water partition coefficient (Wildman–Crippen LogP) is 2.52. The molecule has 0 amide bonds. The van der Waals surface area contributed by atoms with Gasteiger partial charge in [0.2, 0.25) is 0 Å². The van der Waals surface area contributed by atoms with Gasteiger partial charge in [-0.1, -0.05) is 11.6 Å². The van der Waals surface area contributed by atoms with Crippen LogP contribution in [0.4, 0.5) is 0 Å². The third kappa shape index (κ3) is 2.09. The van der Waals surface area contributed by atoms with Gasteiger partial charge in [0.25, 0.3) is 0 Å². The molecular formula is C13H16ClN3O. The SMILES string of the molecule is COc1c(C)cc(Cl)cc1-c1cnc(CN)n1C. The van der Waals surface area contributed by atoms with Crippen molar-refractivity contribution < 1.29 is 4.74 Å². The lowest BCUT2D eigenvalue weighted by molar-refractivity contribution is 0.413. The Balaban J connectivity index is 2.66. The maximum absolute atomic E-state index is 6.11. The first kappa shape index (κ1) is 12.9. The Hall–Kier alpha value is -1.52. The molecule has 0 aliphatic rings. The normalized spacial score (nSPS) is 10.7. The molecule has 5 heteroatoms. The Labute approximate surface area is 111 Å². The van der Waals surface area contributed by atoms with Crippen LogP contribution in [0.15, 0.2) is 18.3 Å². The second-order valence-electron chi connectivity index (χ2n) is 4.13. The number of ether oxygens (including phenoxy) is 1. The van der Waals surface area contributed by atoms with Gasteiger partial charge in [-0.25, -0.2) is 4.98 Å². The number of rotatable bonds is 3. The molecule has 1 aromatic carbocycles. The molecule has 0 unspecified atom stereocenters. The summed E-state index contributed by atoms with van der Waals surface area (Å²) in [6.45, 7) is 2.37. The molecule has 1 aromatic heterocycles. The minimum absolute atomic E-state index is 0.401. The van der Waals surface area contributed by atoms with Crippen LogP contribution < -0.4 is 10.5 Å². The first-order chi connectivity index (χ1) is 8.58. The molecule has 18 heavy (non-hydrogen) atoms. The number of imidazole rings is 1. The van der Waals surface area contributed by atoms with Crippen molar-refractivity contribution in [2.75, 3.05) is 7.11 Å². The smallest absolute Gasteiger partial charge is 0.131 e. The number of nitrogens with two attached hydrogens (primary N) is 1. The molecule has 2 aromatic rings. The van der Waals surface area contributed by atoms with Crippen molar-refractivity contribution in [3.05, 3.63) is 34.7 Å². The van der Waals surface area contributed by atoms with Gasteiger partial charge < -0.3 is 15.0 Å². The average molecular weight is 266 g/mol. The second kappa shape index (κ2) is 5.00. The third-order valence-corrected chi connectivity index (χ3v) is 3.20. The number of aromatic nitrogens is 2. The van der Waals surface area contributed by atoms with E-state index in [1.807, 2.05) is 30.7 Å². The van der Waals surface area contributed by atoms with Crippen LogP contribution in [-0.4, -0.2) is 16.7 Å². The zero-order chi connectivity index (χ0) is 13.3. The fourth-order valence-corrected chi connectivity index (χ4v) is 2.35. The van der Waals surface area contributed by atoms with Gasteiger partial charge in [-0.2, -0.15) is 0 Å². The monoisotopic (exact) mass is 265 g/mol. The number of nitrogens with zero attached hydrogens (tertiary/aromatic N) is 2. The first-order valence-electron chi connectivity index (χ1n) is 5.63. The summed E-state index contributed by atoms with van der Waals surface area (Å²) < 4.78 is 7.40. The van der Waals surface area contributed by atoms with Crippen molar-refractivity contribution in [3.8, 4) is 17.0 Å². The first-order valence-corrected chi connectivity index (χ1v) is 6.01. The molecule has 1 heterocycles. The van der Waals surface area contributed by atoms with E-state index in [0.29, 0.717) is 11.6 Å². The number of aryl methyl sites for hydroxylation is 1. The van der Waals surface area contributed by atoms with Crippen molar-refractivity contribution in [2.45, 2.75) is 13.5 Å². The fourth-order valence-electron chi connectivity index (χ4n) is 2.08. The summed E-state index contributed by atoms with van der Waals surface area (Å²) in [6.07, 6.45) is 1.79. The van der Waals surface area contributed by atoms with Crippen LogP contribution in [0, 0.1) is 6.92 Å². The lowest BCUT2D eigenvalue weighted by Gasteiger charge is -2.13. The number of methoxy groups -OCH3 is 1. The van der Waals surface area contributed by atoms with E-state index < -0.39 is 0 Å². The summed E-state index contributed by atoms with van der Waals surface area (Å²) in [7, 11) is 3.58. The number of hydrogen-bond acceptors (Lipinski definition) is 3. The molecule has 0 fully saturated rings. The Morgan fingerprint density at radius 3 is 2.72 bits per heavy atom. The summed E-state index contributed by atoms with van der Waals surface area (Å²) in [5.74, 6) is 1.63. The molecule has 0 aliphatic carbocycles. The summed E-state index contributed by atoms with van der Waals surface area (Å²) in [5.41, 5.74) is 8.50. The molecule has 0 atom stereocenters. The minimum atomic E-state index is 0.401. The van der Waals surface area contributed by atoms with Crippen LogP contribution in [0.25, 0.3) is 11.3 Å². The molecule has 0 radical (unpaired) electrons. The van der Waals surface area contributed by atoms with Crippen LogP contribution >= 0.6 is 11.6 Å². The van der Waals surface area contributed by atoms with Gasteiger partial charge in [-0.05, 0) is 24.6 Å². The van der Waals surface area contributed by atoms with E-state index in [-0.39, 0.29) is 0 Å². The quantitative estimate of drug-likeness (QED) is 0.928. The van der Waals surface area contributed by atoms with Gasteiger partial charge in [0, 0.05) is 17.6 Å². The highest BCUT2D eigenvalue weighted by atomic mass is 35.5. The van der Waals surface area contributed by atoms with Crippen LogP contribution in [-0.2, 0) is 13.6 Å². The van der Waals surface area contributed by atoms with Crippen molar-refractivity contribution in [1.82, 2.24) is 9.55 Å². The van der Waals surface area contributed by atoms with Gasteiger partial charge in [-0.3, -0.25) is 0 Å². The highest BCUT2D eigenvalue weighted by molar-refractivity contribution is 6.31. The lowest BCUT2D eigenvalue weighted by atomic mass is 10.1. The molecule has 96 valence electrons. The maximum atomic E-state index is 6.11. The highest BCUT2D eigenvalue weighted by Gasteiger charge is 2.15. The summed E-state index contributed by atoms with van der Waals surface area (Å²) in [4.78, 5) is 4.28. The Morgan fingerprint density at radius 2 is 2.17 bits per heavy atom. The molecular weight excluding hydrogens is 250 g/mol. The van der Waals surface area contributed by atoms with Crippen molar-refractivity contribution >= 4 is 11.6 Å². The Kier molecular flexibility index (Phi) is 3.59. The minimum Gasteiger partial charge on any atom is -0.496 e. The van der Waals surface area contributed by atoms with Crippen LogP contribution in [0.1, 0.15) is 11.4 Å². The molecule has 2 N–H and O–H groups in total. The number of halogens is 1. The highest BCUT2D eigenvalue weighted by Crippen LogP contribution is 2.35. The molecule has 4 nitrogen and oxygen atoms in total. The van der Waals surface area contributed by atoms with Crippen LogP contribution in [0.2, 0.25) is 5.02 Å². The van der Waals surface area contributed by atoms with Gasteiger partial charge in [0.1, 0.15) is 11.6 Å². The second-order valence-corrected chi connectivity index (χ2v) is 4.56. The summed E-state index contributed by atoms with van der Waals surface area (Å²) in [5, 5.41) is 0.679. The predicted molar refractivity (Wildman–Crippen MR) is 72.8 cm³/mol. The Morgan fingerprint density at radius 1 is 1.44 bits per heavy atom. The Bertz CT molecular complexity index is 578. The standard InChI is InChI=1S/C13H16ClN3O/c1-8-4-9(14)5-10(13(8)18-3)11-7-16-12(6-15)17(11)2/h4-5,7H,6,15H2,1-3H3. The maximum Gasteiger partial charge on any atom is 0.131 e. The summed E-state index contributed by atoms with van der Waals surface area (Å²) >= 11 is 6.11. The van der Waals surface area contributed by atoms with Gasteiger partial charge in [-0.15, -0.1) is 0 Å². The molecule has 0 spiro atoms. The van der Waals surface area contributed by atoms with Gasteiger partial charge >= 0.3 is 0 Å². The largest absolute Gasteiger partial charge is 0.496 e. The van der Waals surface area contributed by atoms with Crippen molar-refractivity contribution in [2.24, 2.45) is 12.8 Å². The number of hydrogen-bond donors (Lipinski definition) is 1. The van der Waals surface area contributed by atoms with E-state index in [1.54, 1.807) is 13.3 Å². The third-order valence-electron chi connectivity index (χ3n) is 2.99. The number of benzene rings is 1. The lowest BCUT2D eigenvalue weighted by Crippen LogP contribution is -2.06. The van der Waals surface area contributed by atoms with E-state index in [1.165, 1.54) is 0 Å². The van der Waals surface area contributed by atoms with E-state index in [2.05, 4.69) is 4.98 Å². The van der Waals surface area contributed by atoms with Crippen LogP contribution in [0.5, 0.6) is 5.75 Å². The van der Waals surface area contributed by atoms with Gasteiger partial charge in [0.05, 0.1) is 25.5 Å². The molecule has 0 saturated carbocycles. The average Bonchev–Trinajstić information content (AvgIpc) is 2.69. The van der Waals surface area contributed by atoms with E-state index >= 15 is 0 Å².